The van der Waals surface area contributed by atoms with Crippen LogP contribution in [0.3, 0.4) is 0 Å². The lowest BCUT2D eigenvalue weighted by molar-refractivity contribution is -0.128. The summed E-state index contributed by atoms with van der Waals surface area (Å²) in [6.45, 7) is 2.86. The Bertz CT molecular complexity index is 1150. The minimum atomic E-state index is -1.15. The van der Waals surface area contributed by atoms with Gasteiger partial charge < -0.3 is 19.2 Å². The summed E-state index contributed by atoms with van der Waals surface area (Å²) in [6, 6.07) is 19.2. The molecule has 0 saturated heterocycles. The van der Waals surface area contributed by atoms with E-state index in [4.69, 9.17) is 13.9 Å². The van der Waals surface area contributed by atoms with Crippen LogP contribution in [0.15, 0.2) is 71.1 Å². The first kappa shape index (κ1) is 21.2. The Morgan fingerprint density at radius 1 is 1.00 bits per heavy atom. The number of amides is 2. The molecule has 1 N–H and O–H groups in total. The maximum absolute atomic E-state index is 12.9. The molecule has 3 aromatic rings. The Balaban J connectivity index is 1.39. The number of ether oxygens (including phenoxy) is 2. The van der Waals surface area contributed by atoms with Crippen molar-refractivity contribution in [1.82, 2.24) is 0 Å². The Hall–Kier alpha value is -4.07. The molecule has 2 amide bonds. The number of fused-ring (bicyclic) bond motifs is 1. The lowest BCUT2D eigenvalue weighted by Gasteiger charge is -2.41. The number of hydrogen-bond donors (Lipinski definition) is 1. The molecule has 0 unspecified atom stereocenters. The molecule has 8 nitrogen and oxygen atoms in total. The number of nitrogens with one attached hydrogen (secondary N) is 1. The van der Waals surface area contributed by atoms with Crippen molar-refractivity contribution in [2.75, 3.05) is 16.8 Å². The maximum Gasteiger partial charge on any atom is 0.374 e. The van der Waals surface area contributed by atoms with E-state index in [1.807, 2.05) is 30.3 Å². The molecule has 0 radical (unpaired) electrons. The summed E-state index contributed by atoms with van der Waals surface area (Å²) in [5, 5.41) is 2.78. The predicted octanol–water partition coefficient (Wildman–Crippen LogP) is 3.78. The zero-order valence-electron chi connectivity index (χ0n) is 17.7. The number of benzene rings is 2. The molecule has 2 heterocycles. The van der Waals surface area contributed by atoms with Crippen molar-refractivity contribution >= 4 is 29.2 Å². The normalized spacial score (nSPS) is 14.3. The summed E-state index contributed by atoms with van der Waals surface area (Å²) in [5.74, 6) is -0.561. The molecule has 0 fully saturated rings. The van der Waals surface area contributed by atoms with Gasteiger partial charge in [0.1, 0.15) is 23.7 Å². The number of furan rings is 1. The molecule has 0 spiro atoms. The molecule has 4 rings (SSSR count). The molecule has 1 aliphatic heterocycles. The van der Waals surface area contributed by atoms with E-state index in [0.29, 0.717) is 22.9 Å². The van der Waals surface area contributed by atoms with Crippen LogP contribution in [0, 0.1) is 0 Å². The van der Waals surface area contributed by atoms with E-state index in [1.54, 1.807) is 44.2 Å². The number of anilines is 2. The van der Waals surface area contributed by atoms with Crippen molar-refractivity contribution in [3.8, 4) is 5.75 Å². The smallest absolute Gasteiger partial charge is 0.374 e. The van der Waals surface area contributed by atoms with E-state index < -0.39 is 24.0 Å². The third-order valence-corrected chi connectivity index (χ3v) is 5.07. The molecule has 164 valence electrons. The van der Waals surface area contributed by atoms with E-state index in [1.165, 1.54) is 11.0 Å². The van der Waals surface area contributed by atoms with Crippen LogP contribution in [0.2, 0.25) is 0 Å². The highest BCUT2D eigenvalue weighted by molar-refractivity contribution is 6.14. The first-order valence-electron chi connectivity index (χ1n) is 10.0. The third kappa shape index (κ3) is 4.20. The Labute approximate surface area is 184 Å². The first-order valence-corrected chi connectivity index (χ1v) is 10.0. The Morgan fingerprint density at radius 3 is 2.50 bits per heavy atom. The zero-order chi connectivity index (χ0) is 22.7. The van der Waals surface area contributed by atoms with Crippen LogP contribution in [-0.2, 0) is 20.9 Å². The average molecular weight is 434 g/mol. The third-order valence-electron chi connectivity index (χ3n) is 5.07. The van der Waals surface area contributed by atoms with Gasteiger partial charge in [0.05, 0.1) is 11.4 Å². The Kier molecular flexibility index (Phi) is 5.68. The topological polar surface area (TPSA) is 98.1 Å². The van der Waals surface area contributed by atoms with Crippen molar-refractivity contribution in [3.63, 3.8) is 0 Å². The predicted molar refractivity (Wildman–Crippen MR) is 116 cm³/mol. The minimum Gasteiger partial charge on any atom is -0.486 e. The summed E-state index contributed by atoms with van der Waals surface area (Å²) in [7, 11) is 0. The van der Waals surface area contributed by atoms with Gasteiger partial charge in [-0.1, -0.05) is 30.3 Å². The molecule has 0 saturated carbocycles. The number of para-hydroxylation sites is 3. The zero-order valence-corrected chi connectivity index (χ0v) is 17.7. The van der Waals surface area contributed by atoms with Crippen molar-refractivity contribution < 1.29 is 28.3 Å². The van der Waals surface area contributed by atoms with Gasteiger partial charge in [-0.25, -0.2) is 4.79 Å². The summed E-state index contributed by atoms with van der Waals surface area (Å²) in [5.41, 5.74) is -0.0909. The second-order valence-electron chi connectivity index (χ2n) is 7.70. The van der Waals surface area contributed by atoms with Crippen LogP contribution in [0.25, 0.3) is 0 Å². The summed E-state index contributed by atoms with van der Waals surface area (Å²) in [6.07, 6.45) is 0. The molecule has 1 aliphatic rings. The first-order chi connectivity index (χ1) is 15.4. The maximum atomic E-state index is 12.9. The lowest BCUT2D eigenvalue weighted by atomic mass is 9.96. The van der Waals surface area contributed by atoms with Crippen molar-refractivity contribution in [2.24, 2.45) is 0 Å². The van der Waals surface area contributed by atoms with Gasteiger partial charge in [0.25, 0.3) is 5.91 Å². The van der Waals surface area contributed by atoms with Crippen LogP contribution >= 0.6 is 0 Å². The summed E-state index contributed by atoms with van der Waals surface area (Å²) in [4.78, 5) is 39.1. The lowest BCUT2D eigenvalue weighted by Crippen LogP contribution is -2.59. The van der Waals surface area contributed by atoms with Gasteiger partial charge in [0.2, 0.25) is 11.7 Å². The fourth-order valence-corrected chi connectivity index (χ4v) is 3.40. The highest BCUT2D eigenvalue weighted by atomic mass is 16.6. The molecular formula is C24H22N2O6. The molecule has 0 atom stereocenters. The van der Waals surface area contributed by atoms with Gasteiger partial charge in [-0.05, 0) is 50.2 Å². The molecule has 0 bridgehead atoms. The molecule has 2 aromatic carbocycles. The Morgan fingerprint density at radius 2 is 1.72 bits per heavy atom. The SMILES string of the molecule is CC1(C)C(=O)Nc2ccccc2N1C(=O)COC(=O)c1ccc(COc2ccccc2)o1. The number of carbonyl (C=O) groups excluding carboxylic acids is 3. The van der Waals surface area contributed by atoms with Crippen molar-refractivity contribution in [1.29, 1.82) is 0 Å². The van der Waals surface area contributed by atoms with Gasteiger partial charge in [0.15, 0.2) is 6.61 Å². The molecule has 0 aliphatic carbocycles. The van der Waals surface area contributed by atoms with Crippen molar-refractivity contribution in [3.05, 3.63) is 78.3 Å². The standard InChI is InChI=1S/C24H22N2O6/c1-24(2)23(29)25-18-10-6-7-11-19(18)26(24)21(27)15-31-22(28)20-13-12-17(32-20)14-30-16-8-4-3-5-9-16/h3-13H,14-15H2,1-2H3,(H,25,29). The van der Waals surface area contributed by atoms with Crippen LogP contribution in [0.1, 0.15) is 30.2 Å². The quantitative estimate of drug-likeness (QED) is 0.593. The van der Waals surface area contributed by atoms with E-state index >= 15 is 0 Å². The fourth-order valence-electron chi connectivity index (χ4n) is 3.40. The van der Waals surface area contributed by atoms with E-state index in [9.17, 15) is 14.4 Å². The second kappa shape index (κ2) is 8.58. The number of hydrogen-bond acceptors (Lipinski definition) is 6. The fraction of sp³-hybridized carbons (Fsp3) is 0.208. The van der Waals surface area contributed by atoms with Gasteiger partial charge in [-0.3, -0.25) is 14.5 Å². The monoisotopic (exact) mass is 434 g/mol. The van der Waals surface area contributed by atoms with Gasteiger partial charge in [-0.15, -0.1) is 0 Å². The van der Waals surface area contributed by atoms with Gasteiger partial charge >= 0.3 is 5.97 Å². The van der Waals surface area contributed by atoms with Crippen LogP contribution in [0.5, 0.6) is 5.75 Å². The average Bonchev–Trinajstić information content (AvgIpc) is 3.26. The molecule has 8 heteroatoms. The van der Waals surface area contributed by atoms with Gasteiger partial charge in [-0.2, -0.15) is 0 Å². The van der Waals surface area contributed by atoms with E-state index in [0.717, 1.165) is 0 Å². The van der Waals surface area contributed by atoms with Crippen LogP contribution < -0.4 is 15.0 Å². The highest BCUT2D eigenvalue weighted by Crippen LogP contribution is 2.36. The number of rotatable bonds is 6. The number of carbonyl (C=O) groups is 3. The number of nitrogens with zero attached hydrogens (tertiary/aromatic N) is 1. The highest BCUT2D eigenvalue weighted by Gasteiger charge is 2.43. The summed E-state index contributed by atoms with van der Waals surface area (Å²) >= 11 is 0. The number of esters is 1. The second-order valence-corrected chi connectivity index (χ2v) is 7.70. The molecule has 32 heavy (non-hydrogen) atoms. The van der Waals surface area contributed by atoms with Crippen molar-refractivity contribution in [2.45, 2.75) is 26.0 Å². The molecule has 1 aromatic heterocycles. The van der Waals surface area contributed by atoms with E-state index in [2.05, 4.69) is 5.32 Å². The van der Waals surface area contributed by atoms with E-state index in [-0.39, 0.29) is 18.3 Å². The van der Waals surface area contributed by atoms with Crippen LogP contribution in [-0.4, -0.2) is 29.9 Å². The summed E-state index contributed by atoms with van der Waals surface area (Å²) < 4.78 is 16.2. The largest absolute Gasteiger partial charge is 0.486 e. The van der Waals surface area contributed by atoms with Gasteiger partial charge in [0, 0.05) is 0 Å². The minimum absolute atomic E-state index is 0.0412. The molecular weight excluding hydrogens is 412 g/mol. The van der Waals surface area contributed by atoms with Crippen LogP contribution in [0.4, 0.5) is 11.4 Å².